The molecule has 0 spiro atoms. The van der Waals surface area contributed by atoms with Gasteiger partial charge in [-0.05, 0) is 11.6 Å². The Hall–Kier alpha value is -2.18. The molecular formula is C8H7N5. The lowest BCUT2D eigenvalue weighted by Gasteiger charge is -1.90. The summed E-state index contributed by atoms with van der Waals surface area (Å²) in [6.07, 6.45) is 3.14. The third-order valence-corrected chi connectivity index (χ3v) is 1.21. The smallest absolute Gasteiger partial charge is 0.0880 e. The van der Waals surface area contributed by atoms with Crippen molar-refractivity contribution in [2.45, 2.75) is 0 Å². The van der Waals surface area contributed by atoms with Crippen LogP contribution < -0.4 is 5.73 Å². The Bertz CT molecular complexity index is 394. The Morgan fingerprint density at radius 3 is 3.15 bits per heavy atom. The largest absolute Gasteiger partial charge is 0.397 e. The van der Waals surface area contributed by atoms with Gasteiger partial charge in [0, 0.05) is 22.9 Å². The van der Waals surface area contributed by atoms with Crippen LogP contribution in [0.1, 0.15) is 5.56 Å². The van der Waals surface area contributed by atoms with Crippen molar-refractivity contribution < 1.29 is 0 Å². The fraction of sp³-hybridized carbons (Fsp3) is 0.125. The highest BCUT2D eigenvalue weighted by molar-refractivity contribution is 5.44. The molecule has 0 saturated carbocycles. The van der Waals surface area contributed by atoms with Crippen LogP contribution in [-0.2, 0) is 0 Å². The van der Waals surface area contributed by atoms with E-state index in [1.807, 2.05) is 0 Å². The summed E-state index contributed by atoms with van der Waals surface area (Å²) < 4.78 is 0. The van der Waals surface area contributed by atoms with E-state index < -0.39 is 0 Å². The Morgan fingerprint density at radius 1 is 1.62 bits per heavy atom. The summed E-state index contributed by atoms with van der Waals surface area (Å²) in [5, 5.41) is 3.26. The first-order valence-electron chi connectivity index (χ1n) is 3.53. The van der Waals surface area contributed by atoms with E-state index in [4.69, 9.17) is 11.3 Å². The zero-order valence-electron chi connectivity index (χ0n) is 6.81. The molecule has 0 aliphatic heterocycles. The van der Waals surface area contributed by atoms with Crippen LogP contribution in [0.15, 0.2) is 23.6 Å². The molecule has 0 radical (unpaired) electrons. The lowest BCUT2D eigenvalue weighted by molar-refractivity contribution is 1.25. The molecule has 5 nitrogen and oxygen atoms in total. The van der Waals surface area contributed by atoms with Gasteiger partial charge in [0.15, 0.2) is 0 Å². The molecule has 5 heteroatoms. The van der Waals surface area contributed by atoms with Crippen molar-refractivity contribution in [1.29, 1.82) is 0 Å². The van der Waals surface area contributed by atoms with E-state index in [0.29, 0.717) is 11.3 Å². The Morgan fingerprint density at radius 2 is 2.46 bits per heavy atom. The van der Waals surface area contributed by atoms with Crippen LogP contribution >= 0.6 is 0 Å². The van der Waals surface area contributed by atoms with E-state index in [-0.39, 0.29) is 6.54 Å². The summed E-state index contributed by atoms with van der Waals surface area (Å²) in [5.41, 5.74) is 14.7. The summed E-state index contributed by atoms with van der Waals surface area (Å²) >= 11 is 0. The van der Waals surface area contributed by atoms with Gasteiger partial charge in [-0.25, -0.2) is 0 Å². The van der Waals surface area contributed by atoms with Gasteiger partial charge >= 0.3 is 0 Å². The molecule has 0 atom stereocenters. The maximum Gasteiger partial charge on any atom is 0.0880 e. The number of nitrogens with two attached hydrogens (primary N) is 1. The second-order valence-corrected chi connectivity index (χ2v) is 2.20. The van der Waals surface area contributed by atoms with Gasteiger partial charge in [-0.1, -0.05) is 17.0 Å². The molecule has 0 aliphatic carbocycles. The van der Waals surface area contributed by atoms with Crippen molar-refractivity contribution >= 4 is 5.69 Å². The molecule has 0 amide bonds. The molecule has 13 heavy (non-hydrogen) atoms. The molecule has 1 aromatic rings. The number of anilines is 1. The third kappa shape index (κ3) is 3.14. The maximum atomic E-state index is 7.97. The number of nitrogens with zero attached hydrogens (tertiary/aromatic N) is 4. The van der Waals surface area contributed by atoms with Gasteiger partial charge in [-0.2, -0.15) is 0 Å². The van der Waals surface area contributed by atoms with Crippen molar-refractivity contribution in [3.63, 3.8) is 0 Å². The van der Waals surface area contributed by atoms with Crippen LogP contribution in [0.4, 0.5) is 5.69 Å². The van der Waals surface area contributed by atoms with E-state index in [1.54, 1.807) is 18.5 Å². The van der Waals surface area contributed by atoms with Crippen molar-refractivity contribution in [3.8, 4) is 11.8 Å². The number of nitrogen functional groups attached to an aromatic ring is 1. The first-order chi connectivity index (χ1) is 6.33. The normalized spacial score (nSPS) is 8.00. The molecule has 1 aromatic heterocycles. The third-order valence-electron chi connectivity index (χ3n) is 1.21. The first-order valence-corrected chi connectivity index (χ1v) is 3.53. The highest BCUT2D eigenvalue weighted by Crippen LogP contribution is 2.01. The molecule has 1 heterocycles. The minimum atomic E-state index is 0.158. The fourth-order valence-electron chi connectivity index (χ4n) is 0.735. The molecule has 1 rings (SSSR count). The van der Waals surface area contributed by atoms with Gasteiger partial charge in [0.25, 0.3) is 0 Å². The molecular weight excluding hydrogens is 166 g/mol. The highest BCUT2D eigenvalue weighted by atomic mass is 15.1. The number of rotatable bonds is 1. The van der Waals surface area contributed by atoms with E-state index in [9.17, 15) is 0 Å². The molecule has 0 unspecified atom stereocenters. The van der Waals surface area contributed by atoms with E-state index in [2.05, 4.69) is 26.9 Å². The van der Waals surface area contributed by atoms with Gasteiger partial charge in [0.2, 0.25) is 0 Å². The van der Waals surface area contributed by atoms with Gasteiger partial charge in [0.1, 0.15) is 0 Å². The van der Waals surface area contributed by atoms with Crippen molar-refractivity contribution in [2.75, 3.05) is 12.3 Å². The lowest BCUT2D eigenvalue weighted by Crippen LogP contribution is -1.87. The monoisotopic (exact) mass is 173 g/mol. The predicted molar refractivity (Wildman–Crippen MR) is 49.5 cm³/mol. The van der Waals surface area contributed by atoms with Crippen LogP contribution in [0.3, 0.4) is 0 Å². The summed E-state index contributed by atoms with van der Waals surface area (Å²) in [5.74, 6) is 5.43. The van der Waals surface area contributed by atoms with Crippen molar-refractivity contribution in [2.24, 2.45) is 5.11 Å². The average Bonchev–Trinajstić information content (AvgIpc) is 2.13. The minimum absolute atomic E-state index is 0.158. The first kappa shape index (κ1) is 8.91. The average molecular weight is 173 g/mol. The second kappa shape index (κ2) is 4.65. The van der Waals surface area contributed by atoms with Crippen LogP contribution in [0.5, 0.6) is 0 Å². The van der Waals surface area contributed by atoms with Gasteiger partial charge < -0.3 is 5.73 Å². The summed E-state index contributed by atoms with van der Waals surface area (Å²) in [4.78, 5) is 6.42. The molecule has 0 saturated heterocycles. The Kier molecular flexibility index (Phi) is 3.19. The van der Waals surface area contributed by atoms with Gasteiger partial charge in [-0.15, -0.1) is 0 Å². The van der Waals surface area contributed by atoms with Crippen molar-refractivity contribution in [1.82, 2.24) is 4.98 Å². The SMILES string of the molecule is [N-]=[N+]=NCC#Cc1cncc(N)c1. The van der Waals surface area contributed by atoms with Crippen LogP contribution in [0.25, 0.3) is 10.4 Å². The molecule has 0 aromatic carbocycles. The van der Waals surface area contributed by atoms with E-state index in [0.717, 1.165) is 0 Å². The van der Waals surface area contributed by atoms with Crippen LogP contribution in [-0.4, -0.2) is 11.5 Å². The Balaban J connectivity index is 2.71. The standard InChI is InChI=1S/C8H7N5/c9-8-4-7(5-11-6-8)2-1-3-12-13-10/h4-6H,3,9H2. The maximum absolute atomic E-state index is 7.97. The molecule has 0 bridgehead atoms. The molecule has 2 N–H and O–H groups in total. The van der Waals surface area contributed by atoms with Gasteiger partial charge in [-0.3, -0.25) is 4.98 Å². The second-order valence-electron chi connectivity index (χ2n) is 2.20. The summed E-state index contributed by atoms with van der Waals surface area (Å²) in [7, 11) is 0. The minimum Gasteiger partial charge on any atom is -0.397 e. The topological polar surface area (TPSA) is 87.7 Å². The summed E-state index contributed by atoms with van der Waals surface area (Å²) in [6.45, 7) is 0.158. The molecule has 0 aliphatic rings. The number of aromatic nitrogens is 1. The van der Waals surface area contributed by atoms with E-state index in [1.165, 1.54) is 0 Å². The molecule has 0 fully saturated rings. The lowest BCUT2D eigenvalue weighted by atomic mass is 10.3. The zero-order valence-corrected chi connectivity index (χ0v) is 6.81. The zero-order chi connectivity index (χ0) is 9.52. The summed E-state index contributed by atoms with van der Waals surface area (Å²) in [6, 6.07) is 1.70. The predicted octanol–water partition coefficient (Wildman–Crippen LogP) is 1.33. The number of pyridine rings is 1. The van der Waals surface area contributed by atoms with Crippen molar-refractivity contribution in [3.05, 3.63) is 34.5 Å². The quantitative estimate of drug-likeness (QED) is 0.300. The Labute approximate surface area is 75.2 Å². The van der Waals surface area contributed by atoms with E-state index >= 15 is 0 Å². The van der Waals surface area contributed by atoms with Gasteiger partial charge in [0.05, 0.1) is 12.2 Å². The number of hydrogen-bond acceptors (Lipinski definition) is 3. The molecule has 64 valence electrons. The van der Waals surface area contributed by atoms with Crippen LogP contribution in [0.2, 0.25) is 0 Å². The number of hydrogen-bond donors (Lipinski definition) is 1. The number of azide groups is 1. The van der Waals surface area contributed by atoms with Crippen LogP contribution in [0, 0.1) is 11.8 Å². The highest BCUT2D eigenvalue weighted by Gasteiger charge is 1.87. The fourth-order valence-corrected chi connectivity index (χ4v) is 0.735.